The summed E-state index contributed by atoms with van der Waals surface area (Å²) in [5, 5.41) is 23.2. The van der Waals surface area contributed by atoms with Crippen LogP contribution in [0.15, 0.2) is 53.7 Å². The van der Waals surface area contributed by atoms with Crippen LogP contribution in [0, 0.1) is 17.0 Å². The fourth-order valence-electron chi connectivity index (χ4n) is 2.98. The first-order valence-corrected chi connectivity index (χ1v) is 10.6. The van der Waals surface area contributed by atoms with Gasteiger partial charge in [0, 0.05) is 30.0 Å². The number of amides is 1. The van der Waals surface area contributed by atoms with Crippen LogP contribution in [-0.2, 0) is 10.5 Å². The molecule has 1 amide bonds. The number of nitrogens with one attached hydrogen (secondary N) is 1. The fraction of sp³-hybridized carbons (Fsp3) is 0.286. The highest BCUT2D eigenvalue weighted by molar-refractivity contribution is 7.98. The highest BCUT2D eigenvalue weighted by Crippen LogP contribution is 2.28. The monoisotopic (exact) mass is 425 g/mol. The Kier molecular flexibility index (Phi) is 6.83. The van der Waals surface area contributed by atoms with Gasteiger partial charge in [-0.15, -0.1) is 10.2 Å². The molecule has 2 aromatic carbocycles. The molecule has 0 saturated heterocycles. The Morgan fingerprint density at radius 3 is 2.60 bits per heavy atom. The number of nitro benzene ring substituents is 1. The van der Waals surface area contributed by atoms with Crippen molar-refractivity contribution < 1.29 is 9.72 Å². The summed E-state index contributed by atoms with van der Waals surface area (Å²) in [6.45, 7) is 5.67. The van der Waals surface area contributed by atoms with Crippen LogP contribution in [0.2, 0.25) is 0 Å². The van der Waals surface area contributed by atoms with Gasteiger partial charge in [0.15, 0.2) is 11.0 Å². The van der Waals surface area contributed by atoms with Crippen molar-refractivity contribution in [2.45, 2.75) is 44.1 Å². The van der Waals surface area contributed by atoms with Crippen LogP contribution in [0.4, 0.5) is 5.69 Å². The van der Waals surface area contributed by atoms with Crippen molar-refractivity contribution in [3.05, 3.63) is 75.6 Å². The molecule has 1 unspecified atom stereocenters. The normalized spacial score (nSPS) is 11.8. The Morgan fingerprint density at radius 1 is 1.23 bits per heavy atom. The Bertz CT molecular complexity index is 1050. The van der Waals surface area contributed by atoms with E-state index in [0.717, 1.165) is 5.56 Å². The molecule has 156 valence electrons. The molecule has 0 saturated carbocycles. The van der Waals surface area contributed by atoms with E-state index in [0.29, 0.717) is 28.8 Å². The molecule has 0 bridgehead atoms. The molecule has 0 aliphatic rings. The molecule has 0 aliphatic heterocycles. The first-order valence-electron chi connectivity index (χ1n) is 9.57. The van der Waals surface area contributed by atoms with Crippen LogP contribution < -0.4 is 5.32 Å². The maximum Gasteiger partial charge on any atom is 0.269 e. The van der Waals surface area contributed by atoms with Crippen molar-refractivity contribution in [2.24, 2.45) is 0 Å². The zero-order valence-corrected chi connectivity index (χ0v) is 17.8. The lowest BCUT2D eigenvalue weighted by atomic mass is 10.2. The molecule has 3 rings (SSSR count). The average Bonchev–Trinajstić information content (AvgIpc) is 3.16. The molecule has 1 atom stereocenters. The summed E-state index contributed by atoms with van der Waals surface area (Å²) in [6, 6.07) is 14.1. The Labute approximate surface area is 178 Å². The van der Waals surface area contributed by atoms with Gasteiger partial charge in [-0.1, -0.05) is 48.5 Å². The third-order valence-electron chi connectivity index (χ3n) is 4.51. The topological polar surface area (TPSA) is 103 Å². The number of thioether (sulfide) groups is 1. The minimum absolute atomic E-state index is 0.00896. The summed E-state index contributed by atoms with van der Waals surface area (Å²) in [5.74, 6) is 1.18. The molecular formula is C21H23N5O3S. The highest BCUT2D eigenvalue weighted by Gasteiger charge is 2.21. The van der Waals surface area contributed by atoms with E-state index < -0.39 is 4.92 Å². The van der Waals surface area contributed by atoms with Crippen molar-refractivity contribution in [2.75, 3.05) is 0 Å². The van der Waals surface area contributed by atoms with Gasteiger partial charge in [-0.2, -0.15) is 0 Å². The summed E-state index contributed by atoms with van der Waals surface area (Å²) < 4.78 is 1.84. The van der Waals surface area contributed by atoms with Crippen molar-refractivity contribution >= 4 is 23.4 Å². The van der Waals surface area contributed by atoms with E-state index in [9.17, 15) is 14.9 Å². The number of hydrogen-bond donors (Lipinski definition) is 1. The summed E-state index contributed by atoms with van der Waals surface area (Å²) in [7, 11) is 0. The van der Waals surface area contributed by atoms with Gasteiger partial charge in [-0.05, 0) is 31.5 Å². The number of hydrogen-bond acceptors (Lipinski definition) is 6. The van der Waals surface area contributed by atoms with Gasteiger partial charge in [0.05, 0.1) is 11.0 Å². The van der Waals surface area contributed by atoms with Gasteiger partial charge in [-0.3, -0.25) is 19.5 Å². The number of carbonyl (C=O) groups excluding carboxylic acids is 1. The van der Waals surface area contributed by atoms with Gasteiger partial charge >= 0.3 is 0 Å². The molecule has 1 aromatic heterocycles. The van der Waals surface area contributed by atoms with Crippen molar-refractivity contribution in [1.82, 2.24) is 20.1 Å². The summed E-state index contributed by atoms with van der Waals surface area (Å²) >= 11 is 1.52. The number of nitro groups is 1. The molecule has 8 nitrogen and oxygen atoms in total. The van der Waals surface area contributed by atoms with E-state index in [1.807, 2.05) is 30.5 Å². The van der Waals surface area contributed by atoms with E-state index >= 15 is 0 Å². The minimum Gasteiger partial charge on any atom is -0.346 e. The summed E-state index contributed by atoms with van der Waals surface area (Å²) in [6.07, 6.45) is 0.366. The molecule has 0 aliphatic carbocycles. The van der Waals surface area contributed by atoms with E-state index in [4.69, 9.17) is 0 Å². The third-order valence-corrected chi connectivity index (χ3v) is 5.51. The highest BCUT2D eigenvalue weighted by atomic mass is 32.2. The van der Waals surface area contributed by atoms with Crippen molar-refractivity contribution in [3.8, 4) is 5.69 Å². The number of aryl methyl sites for hydroxylation is 1. The predicted octanol–water partition coefficient (Wildman–Crippen LogP) is 4.36. The predicted molar refractivity (Wildman–Crippen MR) is 116 cm³/mol. The van der Waals surface area contributed by atoms with Gasteiger partial charge in [0.25, 0.3) is 5.69 Å². The van der Waals surface area contributed by atoms with Crippen LogP contribution in [0.1, 0.15) is 43.3 Å². The van der Waals surface area contributed by atoms with Crippen LogP contribution >= 0.6 is 11.8 Å². The SMILES string of the molecule is CCC(=O)NC(C)c1nnc(SCc2cccc(C)c2)n1-c1ccc([N+](=O)[O-])cc1. The number of nitrogens with zero attached hydrogens (tertiary/aromatic N) is 4. The maximum atomic E-state index is 11.9. The summed E-state index contributed by atoms with van der Waals surface area (Å²) in [5.41, 5.74) is 3.05. The molecule has 9 heteroatoms. The fourth-order valence-corrected chi connectivity index (χ4v) is 3.88. The van der Waals surface area contributed by atoms with Crippen molar-refractivity contribution in [1.29, 1.82) is 0 Å². The molecular weight excluding hydrogens is 402 g/mol. The number of rotatable bonds is 8. The quantitative estimate of drug-likeness (QED) is 0.327. The second-order valence-electron chi connectivity index (χ2n) is 6.87. The number of carbonyl (C=O) groups is 1. The Morgan fingerprint density at radius 2 is 1.97 bits per heavy atom. The second-order valence-corrected chi connectivity index (χ2v) is 7.81. The third kappa shape index (κ3) is 5.04. The number of benzene rings is 2. The molecule has 0 spiro atoms. The first kappa shape index (κ1) is 21.5. The van der Waals surface area contributed by atoms with E-state index in [2.05, 4.69) is 27.6 Å². The van der Waals surface area contributed by atoms with Crippen molar-refractivity contribution in [3.63, 3.8) is 0 Å². The maximum absolute atomic E-state index is 11.9. The lowest BCUT2D eigenvalue weighted by Gasteiger charge is -2.16. The Balaban J connectivity index is 1.95. The zero-order chi connectivity index (χ0) is 21.7. The average molecular weight is 426 g/mol. The van der Waals surface area contributed by atoms with Gasteiger partial charge in [-0.25, -0.2) is 0 Å². The minimum atomic E-state index is -0.436. The van der Waals surface area contributed by atoms with Crippen LogP contribution in [0.3, 0.4) is 0 Å². The van der Waals surface area contributed by atoms with E-state index in [1.165, 1.54) is 29.5 Å². The van der Waals surface area contributed by atoms with E-state index in [1.54, 1.807) is 19.1 Å². The van der Waals surface area contributed by atoms with Gasteiger partial charge < -0.3 is 5.32 Å². The number of non-ortho nitro benzene ring substituents is 1. The Hall–Kier alpha value is -3.20. The van der Waals surface area contributed by atoms with Gasteiger partial charge in [0.1, 0.15) is 0 Å². The lowest BCUT2D eigenvalue weighted by Crippen LogP contribution is -2.27. The molecule has 30 heavy (non-hydrogen) atoms. The first-order chi connectivity index (χ1) is 14.4. The number of aromatic nitrogens is 3. The zero-order valence-electron chi connectivity index (χ0n) is 17.0. The molecule has 1 N–H and O–H groups in total. The van der Waals surface area contributed by atoms with Gasteiger partial charge in [0.2, 0.25) is 5.91 Å². The summed E-state index contributed by atoms with van der Waals surface area (Å²) in [4.78, 5) is 22.4. The van der Waals surface area contributed by atoms with Crippen LogP contribution in [-0.4, -0.2) is 25.6 Å². The second kappa shape index (κ2) is 9.53. The lowest BCUT2D eigenvalue weighted by molar-refractivity contribution is -0.384. The molecule has 1 heterocycles. The van der Waals surface area contributed by atoms with Crippen LogP contribution in [0.25, 0.3) is 5.69 Å². The van der Waals surface area contributed by atoms with E-state index in [-0.39, 0.29) is 17.6 Å². The van der Waals surface area contributed by atoms with Crippen LogP contribution in [0.5, 0.6) is 0 Å². The smallest absolute Gasteiger partial charge is 0.269 e. The standard InChI is InChI=1S/C21H23N5O3S/c1-4-19(27)22-15(3)20-23-24-21(30-13-16-7-5-6-14(2)12-16)25(20)17-8-10-18(11-9-17)26(28)29/h5-12,15H,4,13H2,1-3H3,(H,22,27). The molecule has 0 fully saturated rings. The molecule has 0 radical (unpaired) electrons. The largest absolute Gasteiger partial charge is 0.346 e. The molecule has 3 aromatic rings.